The second kappa shape index (κ2) is 6.64. The molecular weight excluding hydrogens is 316 g/mol. The van der Waals surface area contributed by atoms with E-state index in [0.29, 0.717) is 0 Å². The quantitative estimate of drug-likeness (QED) is 0.548. The number of rotatable bonds is 3. The number of para-hydroxylation sites is 1. The molecule has 2 aromatic carbocycles. The Labute approximate surface area is 154 Å². The van der Waals surface area contributed by atoms with E-state index in [4.69, 9.17) is 0 Å². The minimum Gasteiger partial charge on any atom is -0.310 e. The van der Waals surface area contributed by atoms with Crippen LogP contribution in [-0.2, 0) is 0 Å². The Morgan fingerprint density at radius 2 is 1.73 bits per heavy atom. The van der Waals surface area contributed by atoms with Gasteiger partial charge in [0.1, 0.15) is 0 Å². The van der Waals surface area contributed by atoms with Crippen molar-refractivity contribution in [2.24, 2.45) is 5.41 Å². The lowest BCUT2D eigenvalue weighted by Gasteiger charge is -2.27. The summed E-state index contributed by atoms with van der Waals surface area (Å²) in [6.07, 6.45) is 14.8. The third-order valence-corrected chi connectivity index (χ3v) is 4.65. The SMILES string of the molecule is CC1(C)C=CC=C(N(c2ccccc2)c2cccc3ccncc23)C=C1. The molecule has 0 radical (unpaired) electrons. The summed E-state index contributed by atoms with van der Waals surface area (Å²) in [6.45, 7) is 4.43. The van der Waals surface area contributed by atoms with Gasteiger partial charge in [0.25, 0.3) is 0 Å². The van der Waals surface area contributed by atoms with E-state index in [2.05, 4.69) is 103 Å². The van der Waals surface area contributed by atoms with E-state index in [1.165, 1.54) is 5.39 Å². The van der Waals surface area contributed by atoms with Gasteiger partial charge >= 0.3 is 0 Å². The fraction of sp³-hybridized carbons (Fsp3) is 0.125. The van der Waals surface area contributed by atoms with E-state index in [0.717, 1.165) is 22.5 Å². The van der Waals surface area contributed by atoms with Crippen molar-refractivity contribution >= 4 is 22.1 Å². The molecule has 0 atom stereocenters. The molecule has 26 heavy (non-hydrogen) atoms. The Balaban J connectivity index is 1.93. The third kappa shape index (κ3) is 3.18. The van der Waals surface area contributed by atoms with Gasteiger partial charge in [-0.15, -0.1) is 0 Å². The highest BCUT2D eigenvalue weighted by atomic mass is 15.1. The molecule has 0 spiro atoms. The molecule has 2 heteroatoms. The van der Waals surface area contributed by atoms with Gasteiger partial charge in [-0.05, 0) is 41.8 Å². The highest BCUT2D eigenvalue weighted by molar-refractivity contribution is 5.96. The molecule has 3 aromatic rings. The Bertz CT molecular complexity index is 1010. The van der Waals surface area contributed by atoms with Gasteiger partial charge in [-0.1, -0.05) is 62.4 Å². The minimum absolute atomic E-state index is 0.0426. The van der Waals surface area contributed by atoms with E-state index in [1.54, 1.807) is 0 Å². The van der Waals surface area contributed by atoms with Crippen molar-refractivity contribution in [2.45, 2.75) is 13.8 Å². The zero-order chi connectivity index (χ0) is 18.0. The van der Waals surface area contributed by atoms with Crippen molar-refractivity contribution in [3.8, 4) is 0 Å². The summed E-state index contributed by atoms with van der Waals surface area (Å²) >= 11 is 0. The van der Waals surface area contributed by atoms with E-state index < -0.39 is 0 Å². The number of hydrogen-bond donors (Lipinski definition) is 0. The molecule has 1 aliphatic rings. The molecule has 0 N–H and O–H groups in total. The van der Waals surface area contributed by atoms with Crippen LogP contribution in [0.2, 0.25) is 0 Å². The first kappa shape index (κ1) is 16.3. The summed E-state index contributed by atoms with van der Waals surface area (Å²) in [6, 6.07) is 18.9. The number of aromatic nitrogens is 1. The predicted molar refractivity (Wildman–Crippen MR) is 110 cm³/mol. The molecule has 1 aliphatic carbocycles. The van der Waals surface area contributed by atoms with Gasteiger partial charge in [-0.2, -0.15) is 0 Å². The number of nitrogens with zero attached hydrogens (tertiary/aromatic N) is 2. The standard InChI is InChI=1S/C24H22N2/c1-24(2)15-7-11-21(13-16-24)26(20-9-4-3-5-10-20)23-12-6-8-19-14-17-25-18-22(19)23/h3-18H,1-2H3. The van der Waals surface area contributed by atoms with Crippen LogP contribution in [0.1, 0.15) is 13.8 Å². The molecule has 1 aromatic heterocycles. The Kier molecular flexibility index (Phi) is 4.18. The molecule has 0 bridgehead atoms. The maximum atomic E-state index is 4.36. The van der Waals surface area contributed by atoms with E-state index >= 15 is 0 Å². The number of allylic oxidation sites excluding steroid dienone is 5. The third-order valence-electron chi connectivity index (χ3n) is 4.65. The zero-order valence-corrected chi connectivity index (χ0v) is 15.1. The van der Waals surface area contributed by atoms with Gasteiger partial charge in [0.05, 0.1) is 5.69 Å². The first-order valence-corrected chi connectivity index (χ1v) is 8.91. The minimum atomic E-state index is 0.0426. The molecule has 0 fully saturated rings. The first-order chi connectivity index (χ1) is 12.6. The Morgan fingerprint density at radius 3 is 2.58 bits per heavy atom. The fourth-order valence-corrected chi connectivity index (χ4v) is 3.25. The van der Waals surface area contributed by atoms with Crippen LogP contribution in [0.5, 0.6) is 0 Å². The van der Waals surface area contributed by atoms with Crippen molar-refractivity contribution in [2.75, 3.05) is 4.90 Å². The lowest BCUT2D eigenvalue weighted by atomic mass is 9.93. The van der Waals surface area contributed by atoms with Gasteiger partial charge < -0.3 is 4.90 Å². The average molecular weight is 338 g/mol. The molecule has 128 valence electrons. The number of pyridine rings is 1. The summed E-state index contributed by atoms with van der Waals surface area (Å²) in [5.41, 5.74) is 3.44. The molecule has 0 unspecified atom stereocenters. The summed E-state index contributed by atoms with van der Waals surface area (Å²) in [5.74, 6) is 0. The number of fused-ring (bicyclic) bond motifs is 1. The van der Waals surface area contributed by atoms with E-state index in [-0.39, 0.29) is 5.41 Å². The number of anilines is 2. The molecule has 0 aliphatic heterocycles. The Morgan fingerprint density at radius 1 is 0.885 bits per heavy atom. The second-order valence-electron chi connectivity index (χ2n) is 7.15. The van der Waals surface area contributed by atoms with Gasteiger partial charge in [-0.3, -0.25) is 4.98 Å². The highest BCUT2D eigenvalue weighted by Crippen LogP contribution is 2.36. The molecule has 1 heterocycles. The van der Waals surface area contributed by atoms with Crippen molar-refractivity contribution in [3.05, 3.63) is 103 Å². The van der Waals surface area contributed by atoms with Crippen LogP contribution in [-0.4, -0.2) is 4.98 Å². The van der Waals surface area contributed by atoms with Crippen molar-refractivity contribution < 1.29 is 0 Å². The normalized spacial score (nSPS) is 15.5. The predicted octanol–water partition coefficient (Wildman–Crippen LogP) is 6.41. The maximum Gasteiger partial charge on any atom is 0.0555 e. The van der Waals surface area contributed by atoms with Crippen LogP contribution >= 0.6 is 0 Å². The summed E-state index contributed by atoms with van der Waals surface area (Å²) in [5, 5.41) is 2.33. The monoisotopic (exact) mass is 338 g/mol. The number of hydrogen-bond acceptors (Lipinski definition) is 2. The van der Waals surface area contributed by atoms with Gasteiger partial charge in [-0.25, -0.2) is 0 Å². The molecule has 0 saturated heterocycles. The van der Waals surface area contributed by atoms with Gasteiger partial charge in [0.15, 0.2) is 0 Å². The van der Waals surface area contributed by atoms with Crippen LogP contribution in [0.25, 0.3) is 10.8 Å². The molecule has 2 nitrogen and oxygen atoms in total. The van der Waals surface area contributed by atoms with Crippen LogP contribution in [0.4, 0.5) is 11.4 Å². The van der Waals surface area contributed by atoms with Crippen LogP contribution in [0.3, 0.4) is 0 Å². The van der Waals surface area contributed by atoms with Gasteiger partial charge in [0.2, 0.25) is 0 Å². The lowest BCUT2D eigenvalue weighted by Crippen LogP contribution is -2.15. The summed E-state index contributed by atoms with van der Waals surface area (Å²) in [4.78, 5) is 6.66. The van der Waals surface area contributed by atoms with Crippen LogP contribution in [0.15, 0.2) is 103 Å². The lowest BCUT2D eigenvalue weighted by molar-refractivity contribution is 0.627. The van der Waals surface area contributed by atoms with Crippen molar-refractivity contribution in [3.63, 3.8) is 0 Å². The summed E-state index contributed by atoms with van der Waals surface area (Å²) in [7, 11) is 0. The average Bonchev–Trinajstić information content (AvgIpc) is 2.84. The fourth-order valence-electron chi connectivity index (χ4n) is 3.25. The maximum absolute atomic E-state index is 4.36. The second-order valence-corrected chi connectivity index (χ2v) is 7.15. The largest absolute Gasteiger partial charge is 0.310 e. The molecule has 4 rings (SSSR count). The van der Waals surface area contributed by atoms with Crippen LogP contribution in [0, 0.1) is 5.41 Å². The summed E-state index contributed by atoms with van der Waals surface area (Å²) < 4.78 is 0. The zero-order valence-electron chi connectivity index (χ0n) is 15.1. The number of benzene rings is 2. The van der Waals surface area contributed by atoms with Crippen molar-refractivity contribution in [1.82, 2.24) is 4.98 Å². The first-order valence-electron chi connectivity index (χ1n) is 8.91. The molecule has 0 saturated carbocycles. The molecular formula is C24H22N2. The Hall–Kier alpha value is -3.13. The smallest absolute Gasteiger partial charge is 0.0555 e. The van der Waals surface area contributed by atoms with E-state index in [1.807, 2.05) is 18.5 Å². The molecule has 0 amide bonds. The van der Waals surface area contributed by atoms with E-state index in [9.17, 15) is 0 Å². The van der Waals surface area contributed by atoms with Gasteiger partial charge in [0, 0.05) is 34.6 Å². The van der Waals surface area contributed by atoms with Crippen molar-refractivity contribution in [1.29, 1.82) is 0 Å². The van der Waals surface area contributed by atoms with Crippen LogP contribution < -0.4 is 4.90 Å². The highest BCUT2D eigenvalue weighted by Gasteiger charge is 2.18. The topological polar surface area (TPSA) is 16.1 Å².